The molecule has 0 bridgehead atoms. The van der Waals surface area contributed by atoms with Crippen LogP contribution >= 0.6 is 11.6 Å². The second-order valence-corrected chi connectivity index (χ2v) is 14.3. The Morgan fingerprint density at radius 3 is 2.33 bits per heavy atom. The number of nitrogens with zero attached hydrogens (tertiary/aromatic N) is 3. The predicted molar refractivity (Wildman–Crippen MR) is 186 cm³/mol. The van der Waals surface area contributed by atoms with Gasteiger partial charge in [-0.3, -0.25) is 24.1 Å². The number of hydrogen-bond donors (Lipinski definition) is 1. The van der Waals surface area contributed by atoms with Crippen LogP contribution in [0.1, 0.15) is 31.2 Å². The molecular formula is C40H29ClFN3O6. The Hall–Kier alpha value is -5.61. The van der Waals surface area contributed by atoms with Crippen molar-refractivity contribution in [1.29, 1.82) is 0 Å². The van der Waals surface area contributed by atoms with Crippen LogP contribution in [-0.2, 0) is 19.2 Å². The minimum absolute atomic E-state index is 0.0517. The van der Waals surface area contributed by atoms with Gasteiger partial charge < -0.3 is 9.52 Å². The Labute approximate surface area is 295 Å². The maximum atomic E-state index is 14.5. The van der Waals surface area contributed by atoms with Crippen LogP contribution in [0.4, 0.5) is 15.8 Å². The lowest BCUT2D eigenvalue weighted by Crippen LogP contribution is -2.48. The van der Waals surface area contributed by atoms with Gasteiger partial charge in [0.2, 0.25) is 29.5 Å². The molecule has 1 aromatic heterocycles. The zero-order valence-electron chi connectivity index (χ0n) is 27.1. The number of halogens is 2. The second kappa shape index (κ2) is 11.2. The van der Waals surface area contributed by atoms with E-state index in [0.29, 0.717) is 33.8 Å². The van der Waals surface area contributed by atoms with Crippen molar-refractivity contribution < 1.29 is 33.1 Å². The van der Waals surface area contributed by atoms with Crippen LogP contribution in [0.25, 0.3) is 22.6 Å². The summed E-state index contributed by atoms with van der Waals surface area (Å²) in [7, 11) is 0. The standard InChI is InChI=1S/C40H29ClFN3O6/c1-40-27(37(48)45(39(40)50)22-14-17-29(42)28(41)18-22)19-26-23(34(40)24-6-2-4-8-31(24)46)15-16-25-33(26)38(49)44(36(25)47)21-12-10-20(11-13-21)35-43-30-7-3-5-9-32(30)51-35/h2-15,17-18,25-27,33-34,46H,16,19H2,1H3. The highest BCUT2D eigenvalue weighted by Crippen LogP contribution is 2.64. The Kier molecular flexibility index (Phi) is 6.89. The summed E-state index contributed by atoms with van der Waals surface area (Å²) in [5.41, 5.74) is 2.41. The third-order valence-corrected chi connectivity index (χ3v) is 11.6. The number of para-hydroxylation sites is 3. The highest BCUT2D eigenvalue weighted by Gasteiger charge is 2.68. The van der Waals surface area contributed by atoms with Crippen molar-refractivity contribution >= 4 is 57.7 Å². The van der Waals surface area contributed by atoms with Crippen molar-refractivity contribution in [3.63, 3.8) is 0 Å². The van der Waals surface area contributed by atoms with Gasteiger partial charge in [0.05, 0.1) is 39.6 Å². The maximum absolute atomic E-state index is 14.5. The summed E-state index contributed by atoms with van der Waals surface area (Å²) in [5, 5.41) is 10.9. The van der Waals surface area contributed by atoms with Gasteiger partial charge in [0, 0.05) is 17.0 Å². The lowest BCUT2D eigenvalue weighted by atomic mass is 9.51. The molecule has 6 unspecified atom stereocenters. The molecule has 6 atom stereocenters. The minimum Gasteiger partial charge on any atom is -0.508 e. The predicted octanol–water partition coefficient (Wildman–Crippen LogP) is 7.43. The van der Waals surface area contributed by atoms with E-state index in [0.717, 1.165) is 16.5 Å². The third kappa shape index (κ3) is 4.42. The molecule has 254 valence electrons. The van der Waals surface area contributed by atoms with Gasteiger partial charge in [-0.2, -0.15) is 0 Å². The molecule has 1 saturated carbocycles. The number of benzene rings is 4. The lowest BCUT2D eigenvalue weighted by molar-refractivity contribution is -0.131. The Morgan fingerprint density at radius 1 is 0.863 bits per heavy atom. The monoisotopic (exact) mass is 701 g/mol. The van der Waals surface area contributed by atoms with Crippen molar-refractivity contribution in [1.82, 2.24) is 4.98 Å². The number of hydrogen-bond acceptors (Lipinski definition) is 7. The summed E-state index contributed by atoms with van der Waals surface area (Å²) in [6, 6.07) is 24.7. The van der Waals surface area contributed by atoms with Crippen LogP contribution in [0.3, 0.4) is 0 Å². The molecule has 4 aromatic carbocycles. The van der Waals surface area contributed by atoms with Crippen LogP contribution < -0.4 is 9.80 Å². The molecule has 11 heteroatoms. The zero-order chi connectivity index (χ0) is 35.3. The summed E-state index contributed by atoms with van der Waals surface area (Å²) >= 11 is 6.08. The number of carbonyl (C=O) groups is 4. The van der Waals surface area contributed by atoms with Crippen molar-refractivity contribution in [2.75, 3.05) is 9.80 Å². The van der Waals surface area contributed by atoms with E-state index < -0.39 is 52.6 Å². The Balaban J connectivity index is 1.10. The summed E-state index contributed by atoms with van der Waals surface area (Å²) in [6.45, 7) is 1.72. The molecule has 0 radical (unpaired) electrons. The van der Waals surface area contributed by atoms with E-state index in [-0.39, 0.29) is 41.1 Å². The quantitative estimate of drug-likeness (QED) is 0.153. The van der Waals surface area contributed by atoms with Crippen molar-refractivity contribution in [2.45, 2.75) is 25.7 Å². The normalized spacial score (nSPS) is 27.1. The number of aromatic nitrogens is 1. The first kappa shape index (κ1) is 31.4. The van der Waals surface area contributed by atoms with Gasteiger partial charge in [0.1, 0.15) is 17.1 Å². The average molecular weight is 702 g/mol. The molecule has 2 aliphatic heterocycles. The largest absolute Gasteiger partial charge is 0.508 e. The fourth-order valence-corrected chi connectivity index (χ4v) is 9.14. The van der Waals surface area contributed by atoms with Crippen molar-refractivity contribution in [2.24, 2.45) is 29.1 Å². The highest BCUT2D eigenvalue weighted by atomic mass is 35.5. The third-order valence-electron chi connectivity index (χ3n) is 11.4. The molecule has 51 heavy (non-hydrogen) atoms. The number of phenols is 1. The first-order valence-corrected chi connectivity index (χ1v) is 17.1. The molecule has 0 spiro atoms. The molecule has 3 fully saturated rings. The van der Waals surface area contributed by atoms with E-state index in [1.165, 1.54) is 23.1 Å². The molecule has 2 aliphatic carbocycles. The molecule has 1 N–H and O–H groups in total. The number of rotatable bonds is 4. The lowest BCUT2D eigenvalue weighted by Gasteiger charge is -2.49. The number of imide groups is 2. The van der Waals surface area contributed by atoms with Crippen LogP contribution in [0.15, 0.2) is 107 Å². The number of amides is 4. The maximum Gasteiger partial charge on any atom is 0.241 e. The molecular weight excluding hydrogens is 673 g/mol. The second-order valence-electron chi connectivity index (χ2n) is 13.9. The minimum atomic E-state index is -1.36. The molecule has 3 heterocycles. The van der Waals surface area contributed by atoms with Gasteiger partial charge in [-0.1, -0.05) is 53.6 Å². The summed E-state index contributed by atoms with van der Waals surface area (Å²) in [6.07, 6.45) is 2.31. The van der Waals surface area contributed by atoms with Crippen molar-refractivity contribution in [3.8, 4) is 17.2 Å². The number of allylic oxidation sites excluding steroid dienone is 2. The van der Waals surface area contributed by atoms with Crippen LogP contribution in [0.2, 0.25) is 5.02 Å². The van der Waals surface area contributed by atoms with Crippen LogP contribution in [-0.4, -0.2) is 33.7 Å². The number of phenolic OH excluding ortho intramolecular Hbond substituents is 1. The first-order valence-electron chi connectivity index (χ1n) is 16.7. The zero-order valence-corrected chi connectivity index (χ0v) is 27.9. The number of oxazole rings is 1. The number of aromatic hydroxyl groups is 1. The first-order chi connectivity index (χ1) is 24.6. The van der Waals surface area contributed by atoms with Gasteiger partial charge in [-0.15, -0.1) is 0 Å². The number of fused-ring (bicyclic) bond motifs is 5. The fraction of sp³-hybridized carbons (Fsp3) is 0.225. The topological polar surface area (TPSA) is 121 Å². The van der Waals surface area contributed by atoms with Gasteiger partial charge in [0.25, 0.3) is 0 Å². The van der Waals surface area contributed by atoms with E-state index in [9.17, 15) is 28.7 Å². The Morgan fingerprint density at radius 2 is 1.59 bits per heavy atom. The van der Waals surface area contributed by atoms with Gasteiger partial charge in [-0.25, -0.2) is 14.3 Å². The average Bonchev–Trinajstić information content (AvgIpc) is 3.74. The summed E-state index contributed by atoms with van der Waals surface area (Å²) < 4.78 is 20.0. The van der Waals surface area contributed by atoms with E-state index in [2.05, 4.69) is 4.98 Å². The van der Waals surface area contributed by atoms with E-state index in [4.69, 9.17) is 16.0 Å². The van der Waals surface area contributed by atoms with Gasteiger partial charge >= 0.3 is 0 Å². The van der Waals surface area contributed by atoms with Crippen LogP contribution in [0, 0.1) is 34.9 Å². The molecule has 9 nitrogen and oxygen atoms in total. The Bertz CT molecular complexity index is 2340. The molecule has 2 saturated heterocycles. The molecule has 9 rings (SSSR count). The van der Waals surface area contributed by atoms with Gasteiger partial charge in [0.15, 0.2) is 5.58 Å². The van der Waals surface area contributed by atoms with E-state index >= 15 is 0 Å². The number of anilines is 2. The van der Waals surface area contributed by atoms with Crippen molar-refractivity contribution in [3.05, 3.63) is 119 Å². The SMILES string of the molecule is CC12C(=O)N(c3ccc(F)c(Cl)c3)C(=O)C1CC1C(=CCC3C(=O)N(c4ccc(-c5nc6ccccc6o5)cc4)C(=O)C31)C2c1ccccc1O. The van der Waals surface area contributed by atoms with E-state index in [1.54, 1.807) is 49.4 Å². The molecule has 4 aliphatic rings. The fourth-order valence-electron chi connectivity index (χ4n) is 8.96. The number of carbonyl (C=O) groups excluding carboxylic acids is 4. The van der Waals surface area contributed by atoms with E-state index in [1.807, 2.05) is 30.3 Å². The highest BCUT2D eigenvalue weighted by molar-refractivity contribution is 6.32. The molecule has 4 amide bonds. The summed E-state index contributed by atoms with van der Waals surface area (Å²) in [5.74, 6) is -5.78. The van der Waals surface area contributed by atoms with Gasteiger partial charge in [-0.05, 0) is 86.3 Å². The molecule has 5 aromatic rings. The van der Waals surface area contributed by atoms with Crippen LogP contribution in [0.5, 0.6) is 5.75 Å². The summed E-state index contributed by atoms with van der Waals surface area (Å²) in [4.78, 5) is 64.1. The smallest absolute Gasteiger partial charge is 0.241 e.